The molecule has 0 radical (unpaired) electrons. The van der Waals surface area contributed by atoms with Crippen LogP contribution in [0, 0.1) is 0 Å². The molecule has 0 saturated carbocycles. The van der Waals surface area contributed by atoms with E-state index in [4.69, 9.17) is 9.84 Å². The van der Waals surface area contributed by atoms with Gasteiger partial charge >= 0.3 is 0 Å². The highest BCUT2D eigenvalue weighted by atomic mass is 16.5. The number of benzene rings is 3. The van der Waals surface area contributed by atoms with Crippen molar-refractivity contribution in [2.24, 2.45) is 0 Å². The average molecular weight is 463 g/mol. The minimum Gasteiger partial charge on any atom is -0.457 e. The van der Waals surface area contributed by atoms with Gasteiger partial charge in [-0.05, 0) is 67.9 Å². The van der Waals surface area contributed by atoms with Gasteiger partial charge in [-0.2, -0.15) is 5.10 Å². The van der Waals surface area contributed by atoms with Crippen LogP contribution in [0.3, 0.4) is 0 Å². The maximum absolute atomic E-state index is 5.99. The predicted molar refractivity (Wildman–Crippen MR) is 138 cm³/mol. The van der Waals surface area contributed by atoms with Crippen LogP contribution in [0.1, 0.15) is 18.9 Å². The van der Waals surface area contributed by atoms with E-state index in [-0.39, 0.29) is 6.04 Å². The lowest BCUT2D eigenvalue weighted by atomic mass is 10.1. The maximum atomic E-state index is 5.99. The van der Waals surface area contributed by atoms with Gasteiger partial charge in [0.1, 0.15) is 29.3 Å². The molecule has 1 aliphatic rings. The third kappa shape index (κ3) is 4.46. The highest BCUT2D eigenvalue weighted by molar-refractivity contribution is 6.00. The number of fused-ring (bicyclic) bond motifs is 1. The fourth-order valence-electron chi connectivity index (χ4n) is 4.53. The quantitative estimate of drug-likeness (QED) is 0.325. The Hall–Kier alpha value is -4.23. The second-order valence-corrected chi connectivity index (χ2v) is 8.64. The summed E-state index contributed by atoms with van der Waals surface area (Å²) >= 11 is 0. The number of para-hydroxylation sites is 2. The van der Waals surface area contributed by atoms with Crippen LogP contribution in [0.5, 0.6) is 11.5 Å². The number of nitrogens with one attached hydrogen (secondary N) is 2. The number of hydrogen-bond donors (Lipinski definition) is 2. The van der Waals surface area contributed by atoms with Crippen LogP contribution in [0.15, 0.2) is 91.3 Å². The summed E-state index contributed by atoms with van der Waals surface area (Å²) in [7, 11) is 0. The summed E-state index contributed by atoms with van der Waals surface area (Å²) in [5, 5.41) is 13.0. The predicted octanol–water partition coefficient (Wildman–Crippen LogP) is 5.95. The van der Waals surface area contributed by atoms with Gasteiger partial charge in [-0.3, -0.25) is 0 Å². The molecule has 1 fully saturated rings. The molecule has 0 aliphatic carbocycles. The first-order chi connectivity index (χ1) is 17.3. The standard InChI is InChI=1S/C28H26N6O/c1-3-8-21(9-4-1)32-27-25-26(20-13-15-24(16-14-20)35-23-11-5-2-6-12-23)33-34(28(25)31-19-30-27)22-10-7-17-29-18-22/h1-6,8-9,11-16,19,22,29H,7,10,17-18H2,(H,30,31,32). The normalized spacial score (nSPS) is 15.7. The lowest BCUT2D eigenvalue weighted by Gasteiger charge is -2.23. The molecule has 1 unspecified atom stereocenters. The molecule has 3 heterocycles. The van der Waals surface area contributed by atoms with Gasteiger partial charge in [0.2, 0.25) is 0 Å². The maximum Gasteiger partial charge on any atom is 0.164 e. The van der Waals surface area contributed by atoms with Crippen LogP contribution >= 0.6 is 0 Å². The Morgan fingerprint density at radius 2 is 1.60 bits per heavy atom. The molecule has 174 valence electrons. The van der Waals surface area contributed by atoms with Gasteiger partial charge in [0.15, 0.2) is 5.65 Å². The second kappa shape index (κ2) is 9.56. The Morgan fingerprint density at radius 3 is 2.34 bits per heavy atom. The highest BCUT2D eigenvalue weighted by Gasteiger charge is 2.24. The summed E-state index contributed by atoms with van der Waals surface area (Å²) in [6.07, 6.45) is 3.80. The minimum atomic E-state index is 0.250. The summed E-state index contributed by atoms with van der Waals surface area (Å²) in [6, 6.07) is 28.1. The summed E-state index contributed by atoms with van der Waals surface area (Å²) in [6.45, 7) is 1.92. The van der Waals surface area contributed by atoms with Crippen molar-refractivity contribution in [3.63, 3.8) is 0 Å². The molecule has 0 spiro atoms. The van der Waals surface area contributed by atoms with E-state index in [1.54, 1.807) is 6.33 Å². The van der Waals surface area contributed by atoms with Crippen LogP contribution in [-0.4, -0.2) is 32.8 Å². The number of aromatic nitrogens is 4. The van der Waals surface area contributed by atoms with Gasteiger partial charge in [-0.1, -0.05) is 36.4 Å². The van der Waals surface area contributed by atoms with Crippen LogP contribution in [0.25, 0.3) is 22.3 Å². The van der Waals surface area contributed by atoms with E-state index < -0.39 is 0 Å². The number of piperidine rings is 1. The zero-order chi connectivity index (χ0) is 23.5. The van der Waals surface area contributed by atoms with E-state index in [0.29, 0.717) is 0 Å². The number of rotatable bonds is 6. The number of anilines is 2. The molecule has 6 rings (SSSR count). The largest absolute Gasteiger partial charge is 0.457 e. The van der Waals surface area contributed by atoms with E-state index in [9.17, 15) is 0 Å². The van der Waals surface area contributed by atoms with Gasteiger partial charge in [0.25, 0.3) is 0 Å². The third-order valence-corrected chi connectivity index (χ3v) is 6.25. The number of hydrogen-bond acceptors (Lipinski definition) is 6. The second-order valence-electron chi connectivity index (χ2n) is 8.64. The minimum absolute atomic E-state index is 0.250. The molecule has 1 aliphatic heterocycles. The van der Waals surface area contributed by atoms with E-state index in [2.05, 4.69) is 25.3 Å². The monoisotopic (exact) mass is 462 g/mol. The molecule has 7 heteroatoms. The molecule has 0 amide bonds. The van der Waals surface area contributed by atoms with Crippen LogP contribution in [0.2, 0.25) is 0 Å². The first-order valence-corrected chi connectivity index (χ1v) is 11.9. The zero-order valence-corrected chi connectivity index (χ0v) is 19.3. The third-order valence-electron chi connectivity index (χ3n) is 6.25. The smallest absolute Gasteiger partial charge is 0.164 e. The topological polar surface area (TPSA) is 76.9 Å². The SMILES string of the molecule is c1ccc(Nc2ncnc3c2c(-c2ccc(Oc4ccccc4)cc2)nn3C2CCCNC2)cc1. The van der Waals surface area contributed by atoms with Gasteiger partial charge in [0.05, 0.1) is 11.4 Å². The van der Waals surface area contributed by atoms with Crippen molar-refractivity contribution in [3.8, 4) is 22.8 Å². The fraction of sp³-hybridized carbons (Fsp3) is 0.179. The van der Waals surface area contributed by atoms with Crippen LogP contribution in [0.4, 0.5) is 11.5 Å². The number of ether oxygens (including phenoxy) is 1. The van der Waals surface area contributed by atoms with Crippen molar-refractivity contribution >= 4 is 22.5 Å². The van der Waals surface area contributed by atoms with Crippen LogP contribution in [-0.2, 0) is 0 Å². The van der Waals surface area contributed by atoms with Crippen molar-refractivity contribution in [3.05, 3.63) is 91.3 Å². The van der Waals surface area contributed by atoms with E-state index in [0.717, 1.165) is 71.2 Å². The first kappa shape index (κ1) is 21.3. The number of nitrogens with zero attached hydrogens (tertiary/aromatic N) is 4. The first-order valence-electron chi connectivity index (χ1n) is 11.9. The Labute approximate surface area is 203 Å². The molecule has 7 nitrogen and oxygen atoms in total. The van der Waals surface area contributed by atoms with Crippen molar-refractivity contribution in [1.29, 1.82) is 0 Å². The molecule has 5 aromatic rings. The Morgan fingerprint density at radius 1 is 0.857 bits per heavy atom. The Kier molecular flexibility index (Phi) is 5.82. The molecular weight excluding hydrogens is 436 g/mol. The zero-order valence-electron chi connectivity index (χ0n) is 19.3. The molecule has 3 aromatic carbocycles. The van der Waals surface area contributed by atoms with Crippen molar-refractivity contribution in [2.45, 2.75) is 18.9 Å². The van der Waals surface area contributed by atoms with Crippen LogP contribution < -0.4 is 15.4 Å². The van der Waals surface area contributed by atoms with E-state index in [1.807, 2.05) is 84.9 Å². The van der Waals surface area contributed by atoms with Gasteiger partial charge in [-0.25, -0.2) is 14.6 Å². The van der Waals surface area contributed by atoms with Gasteiger partial charge in [0, 0.05) is 17.8 Å². The Balaban J connectivity index is 1.42. The highest BCUT2D eigenvalue weighted by Crippen LogP contribution is 2.36. The van der Waals surface area contributed by atoms with Gasteiger partial charge in [-0.15, -0.1) is 0 Å². The summed E-state index contributed by atoms with van der Waals surface area (Å²) in [5.74, 6) is 2.33. The Bertz CT molecular complexity index is 1410. The molecule has 0 bridgehead atoms. The molecule has 2 aromatic heterocycles. The van der Waals surface area contributed by atoms with Crippen molar-refractivity contribution < 1.29 is 4.74 Å². The lowest BCUT2D eigenvalue weighted by Crippen LogP contribution is -2.32. The summed E-state index contributed by atoms with van der Waals surface area (Å²) in [4.78, 5) is 9.28. The molecular formula is C28H26N6O. The molecule has 35 heavy (non-hydrogen) atoms. The van der Waals surface area contributed by atoms with E-state index in [1.165, 1.54) is 0 Å². The lowest BCUT2D eigenvalue weighted by molar-refractivity contribution is 0.354. The average Bonchev–Trinajstić information content (AvgIpc) is 3.32. The molecule has 2 N–H and O–H groups in total. The van der Waals surface area contributed by atoms with Crippen molar-refractivity contribution in [1.82, 2.24) is 25.1 Å². The molecule has 1 atom stereocenters. The fourth-order valence-corrected chi connectivity index (χ4v) is 4.53. The molecule has 1 saturated heterocycles. The van der Waals surface area contributed by atoms with Gasteiger partial charge < -0.3 is 15.4 Å². The van der Waals surface area contributed by atoms with E-state index >= 15 is 0 Å². The van der Waals surface area contributed by atoms with Crippen molar-refractivity contribution in [2.75, 3.05) is 18.4 Å². The summed E-state index contributed by atoms with van der Waals surface area (Å²) in [5.41, 5.74) is 3.66. The summed E-state index contributed by atoms with van der Waals surface area (Å²) < 4.78 is 8.06.